The number of benzene rings is 1. The van der Waals surface area contributed by atoms with E-state index in [0.717, 1.165) is 23.2 Å². The Hall–Kier alpha value is -2.25. The maximum atomic E-state index is 13.2. The molecule has 0 radical (unpaired) electrons. The van der Waals surface area contributed by atoms with Crippen LogP contribution in [0, 0.1) is 5.92 Å². The van der Waals surface area contributed by atoms with Gasteiger partial charge in [0.2, 0.25) is 11.8 Å². The lowest BCUT2D eigenvalue weighted by Crippen LogP contribution is -2.52. The van der Waals surface area contributed by atoms with Crippen molar-refractivity contribution in [2.24, 2.45) is 5.92 Å². The van der Waals surface area contributed by atoms with Crippen LogP contribution in [0.2, 0.25) is 0 Å². The number of amides is 3. The largest absolute Gasteiger partial charge is 0.322 e. The van der Waals surface area contributed by atoms with E-state index in [4.69, 9.17) is 0 Å². The molecule has 29 heavy (non-hydrogen) atoms. The summed E-state index contributed by atoms with van der Waals surface area (Å²) in [6.45, 7) is 2.08. The van der Waals surface area contributed by atoms with Gasteiger partial charge in [0.1, 0.15) is 6.04 Å². The molecule has 4 unspecified atom stereocenters. The maximum Gasteiger partial charge on any atom is 0.255 e. The third-order valence-corrected chi connectivity index (χ3v) is 7.13. The first kappa shape index (κ1) is 18.8. The fraction of sp³-hybridized carbons (Fsp3) is 0.591. The highest BCUT2D eigenvalue weighted by Crippen LogP contribution is 2.32. The lowest BCUT2D eigenvalue weighted by atomic mass is 9.83. The molecule has 1 aliphatic carbocycles. The third-order valence-electron chi connectivity index (χ3n) is 7.13. The van der Waals surface area contributed by atoms with Gasteiger partial charge in [0.05, 0.1) is 0 Å². The molecule has 1 saturated carbocycles. The number of nitrogens with zero attached hydrogens (tertiary/aromatic N) is 1. The summed E-state index contributed by atoms with van der Waals surface area (Å²) in [6, 6.07) is 6.49. The topological polar surface area (TPSA) is 90.5 Å². The molecule has 5 rings (SSSR count). The Morgan fingerprint density at radius 2 is 1.97 bits per heavy atom. The molecule has 4 aliphatic rings. The zero-order valence-electron chi connectivity index (χ0n) is 16.6. The average Bonchev–Trinajstić information content (AvgIpc) is 3.28. The van der Waals surface area contributed by atoms with E-state index < -0.39 is 6.04 Å². The number of rotatable bonds is 4. The van der Waals surface area contributed by atoms with Crippen molar-refractivity contribution in [3.05, 3.63) is 34.9 Å². The van der Waals surface area contributed by atoms with Crippen LogP contribution in [-0.4, -0.2) is 47.3 Å². The summed E-state index contributed by atoms with van der Waals surface area (Å²) >= 11 is 0. The summed E-state index contributed by atoms with van der Waals surface area (Å²) in [5, 5.41) is 9.72. The molecule has 1 aromatic rings. The van der Waals surface area contributed by atoms with Gasteiger partial charge in [-0.2, -0.15) is 0 Å². The lowest BCUT2D eigenvalue weighted by Gasteiger charge is -2.29. The molecule has 3 aliphatic heterocycles. The van der Waals surface area contributed by atoms with Gasteiger partial charge in [-0.1, -0.05) is 31.0 Å². The second-order valence-electron chi connectivity index (χ2n) is 8.80. The molecule has 154 valence electrons. The number of fused-ring (bicyclic) bond motifs is 2. The predicted octanol–water partition coefficient (Wildman–Crippen LogP) is 1.07. The van der Waals surface area contributed by atoms with Crippen molar-refractivity contribution >= 4 is 17.7 Å². The van der Waals surface area contributed by atoms with Crippen LogP contribution in [-0.2, 0) is 22.7 Å². The van der Waals surface area contributed by atoms with Crippen molar-refractivity contribution in [3.63, 3.8) is 0 Å². The summed E-state index contributed by atoms with van der Waals surface area (Å²) < 4.78 is 0. The molecule has 7 heteroatoms. The summed E-state index contributed by atoms with van der Waals surface area (Å²) in [4.78, 5) is 38.5. The first-order valence-corrected chi connectivity index (χ1v) is 10.8. The highest BCUT2D eigenvalue weighted by Gasteiger charge is 2.40. The summed E-state index contributed by atoms with van der Waals surface area (Å²) in [7, 11) is 0. The minimum Gasteiger partial charge on any atom is -0.322 e. The fourth-order valence-corrected chi connectivity index (χ4v) is 5.63. The number of hydrogen-bond acceptors (Lipinski definition) is 5. The van der Waals surface area contributed by atoms with Gasteiger partial charge >= 0.3 is 0 Å². The van der Waals surface area contributed by atoms with Crippen LogP contribution in [0.4, 0.5) is 0 Å². The number of imide groups is 1. The van der Waals surface area contributed by atoms with Crippen molar-refractivity contribution in [1.29, 1.82) is 0 Å². The van der Waals surface area contributed by atoms with Gasteiger partial charge in [0, 0.05) is 43.7 Å². The first-order valence-electron chi connectivity index (χ1n) is 10.8. The molecule has 3 fully saturated rings. The van der Waals surface area contributed by atoms with E-state index in [2.05, 4.69) is 16.0 Å². The Kier molecular flexibility index (Phi) is 4.87. The predicted molar refractivity (Wildman–Crippen MR) is 107 cm³/mol. The van der Waals surface area contributed by atoms with Gasteiger partial charge in [0.25, 0.3) is 5.91 Å². The van der Waals surface area contributed by atoms with E-state index in [1.54, 1.807) is 4.90 Å². The highest BCUT2D eigenvalue weighted by atomic mass is 16.2. The van der Waals surface area contributed by atoms with Crippen LogP contribution in [0.5, 0.6) is 0 Å². The molecule has 2 saturated heterocycles. The first-order chi connectivity index (χ1) is 14.1. The smallest absolute Gasteiger partial charge is 0.255 e. The minimum absolute atomic E-state index is 0.0908. The Labute approximate surface area is 170 Å². The Bertz CT molecular complexity index is 854. The van der Waals surface area contributed by atoms with E-state index in [1.165, 1.54) is 25.7 Å². The zero-order chi connectivity index (χ0) is 20.0. The van der Waals surface area contributed by atoms with Crippen LogP contribution in [0.1, 0.15) is 60.0 Å². The molecule has 7 nitrogen and oxygen atoms in total. The van der Waals surface area contributed by atoms with Gasteiger partial charge in [-0.25, -0.2) is 0 Å². The molecule has 0 bridgehead atoms. The number of nitrogens with one attached hydrogen (secondary N) is 3. The Morgan fingerprint density at radius 3 is 2.83 bits per heavy atom. The standard InChI is InChI=1S/C22H28N4O3/c27-19-9-8-18(21(28)25-19)26-12-14-5-3-4-13(20(14)22(26)29)10-23-17-11-24-16-7-2-1-6-15(16)17/h3-5,15-18,23-24H,1-2,6-12H2,(H,25,27,28). The van der Waals surface area contributed by atoms with E-state index in [-0.39, 0.29) is 24.1 Å². The SMILES string of the molecule is O=C1CCC(N2Cc3cccc(CNC4CNC5CCCCC54)c3C2=O)C(=O)N1. The molecule has 3 amide bonds. The van der Waals surface area contributed by atoms with Crippen LogP contribution < -0.4 is 16.0 Å². The van der Waals surface area contributed by atoms with Crippen molar-refractivity contribution in [1.82, 2.24) is 20.9 Å². The molecular formula is C22H28N4O3. The van der Waals surface area contributed by atoms with Crippen LogP contribution in [0.25, 0.3) is 0 Å². The summed E-state index contributed by atoms with van der Waals surface area (Å²) in [6.07, 6.45) is 5.84. The fourth-order valence-electron chi connectivity index (χ4n) is 5.63. The second-order valence-corrected chi connectivity index (χ2v) is 8.80. The van der Waals surface area contributed by atoms with Gasteiger partial charge in [0.15, 0.2) is 0 Å². The highest BCUT2D eigenvalue weighted by molar-refractivity contribution is 6.05. The Balaban J connectivity index is 1.30. The van der Waals surface area contributed by atoms with Crippen molar-refractivity contribution in [3.8, 4) is 0 Å². The van der Waals surface area contributed by atoms with Crippen LogP contribution in [0.3, 0.4) is 0 Å². The molecule has 0 aromatic heterocycles. The molecule has 3 N–H and O–H groups in total. The van der Waals surface area contributed by atoms with E-state index >= 15 is 0 Å². The summed E-state index contributed by atoms with van der Waals surface area (Å²) in [5.74, 6) is -0.0305. The normalized spacial score (nSPS) is 31.6. The second kappa shape index (κ2) is 7.54. The number of piperidine rings is 1. The summed E-state index contributed by atoms with van der Waals surface area (Å²) in [5.41, 5.74) is 2.71. The molecule has 3 heterocycles. The zero-order valence-corrected chi connectivity index (χ0v) is 16.6. The Morgan fingerprint density at radius 1 is 1.10 bits per heavy atom. The van der Waals surface area contributed by atoms with Crippen LogP contribution in [0.15, 0.2) is 18.2 Å². The molecule has 4 atom stereocenters. The van der Waals surface area contributed by atoms with Crippen molar-refractivity contribution < 1.29 is 14.4 Å². The molecule has 0 spiro atoms. The number of carbonyl (C=O) groups is 3. The lowest BCUT2D eigenvalue weighted by molar-refractivity contribution is -0.136. The maximum absolute atomic E-state index is 13.2. The van der Waals surface area contributed by atoms with Crippen molar-refractivity contribution in [2.75, 3.05) is 6.54 Å². The van der Waals surface area contributed by atoms with Gasteiger partial charge in [-0.15, -0.1) is 0 Å². The minimum atomic E-state index is -0.560. The number of carbonyl (C=O) groups excluding carboxylic acids is 3. The molecular weight excluding hydrogens is 368 g/mol. The van der Waals surface area contributed by atoms with Crippen LogP contribution >= 0.6 is 0 Å². The third kappa shape index (κ3) is 3.36. The van der Waals surface area contributed by atoms with E-state index in [9.17, 15) is 14.4 Å². The quantitative estimate of drug-likeness (QED) is 0.663. The van der Waals surface area contributed by atoms with Gasteiger partial charge in [-0.3, -0.25) is 19.7 Å². The average molecular weight is 396 g/mol. The molecule has 1 aromatic carbocycles. The van der Waals surface area contributed by atoms with Crippen molar-refractivity contribution in [2.45, 2.75) is 69.7 Å². The van der Waals surface area contributed by atoms with Gasteiger partial charge in [-0.05, 0) is 36.3 Å². The monoisotopic (exact) mass is 396 g/mol. The van der Waals surface area contributed by atoms with E-state index in [1.807, 2.05) is 18.2 Å². The number of hydrogen-bond donors (Lipinski definition) is 3. The van der Waals surface area contributed by atoms with Gasteiger partial charge < -0.3 is 15.5 Å². The van der Waals surface area contributed by atoms with E-state index in [0.29, 0.717) is 37.5 Å².